The third-order valence-electron chi connectivity index (χ3n) is 3.74. The Labute approximate surface area is 130 Å². The molecule has 0 spiro atoms. The predicted molar refractivity (Wildman–Crippen MR) is 87.8 cm³/mol. The second kappa shape index (κ2) is 8.17. The zero-order valence-corrected chi connectivity index (χ0v) is 13.4. The number of ether oxygens (including phenoxy) is 1. The van der Waals surface area contributed by atoms with E-state index in [0.29, 0.717) is 18.2 Å². The lowest BCUT2D eigenvalue weighted by atomic mass is 9.95. The number of methoxy groups -OCH3 is 1. The van der Waals surface area contributed by atoms with Gasteiger partial charge in [0.25, 0.3) is 0 Å². The molecule has 116 valence electrons. The number of amides is 1. The van der Waals surface area contributed by atoms with E-state index >= 15 is 0 Å². The first-order valence-electron chi connectivity index (χ1n) is 7.54. The maximum Gasteiger partial charge on any atom is 0.221 e. The molecule has 0 aliphatic heterocycles. The first-order valence-corrected chi connectivity index (χ1v) is 8.53. The van der Waals surface area contributed by atoms with Crippen LogP contribution in [0.4, 0.5) is 5.69 Å². The minimum atomic E-state index is 0.156. The van der Waals surface area contributed by atoms with Crippen LogP contribution >= 0.6 is 11.8 Å². The van der Waals surface area contributed by atoms with Gasteiger partial charge in [0.15, 0.2) is 0 Å². The third kappa shape index (κ3) is 5.16. The highest BCUT2D eigenvalue weighted by Crippen LogP contribution is 2.31. The Hall–Kier alpha value is -1.36. The van der Waals surface area contributed by atoms with Crippen molar-refractivity contribution in [1.82, 2.24) is 5.32 Å². The van der Waals surface area contributed by atoms with Crippen LogP contribution in [0.15, 0.2) is 23.1 Å². The summed E-state index contributed by atoms with van der Waals surface area (Å²) >= 11 is 1.63. The van der Waals surface area contributed by atoms with E-state index in [0.717, 1.165) is 29.2 Å². The topological polar surface area (TPSA) is 64.3 Å². The Balaban J connectivity index is 1.74. The molecule has 1 aliphatic carbocycles. The van der Waals surface area contributed by atoms with Gasteiger partial charge in [-0.3, -0.25) is 4.79 Å². The maximum atomic E-state index is 11.9. The fourth-order valence-corrected chi connectivity index (χ4v) is 3.56. The SMILES string of the molecule is COc1cc(N)ccc1SCCC(=O)NC1CCCCC1. The number of nitrogen functional groups attached to an aromatic ring is 1. The molecule has 0 heterocycles. The summed E-state index contributed by atoms with van der Waals surface area (Å²) in [4.78, 5) is 13.0. The molecule has 3 N–H and O–H groups in total. The van der Waals surface area contributed by atoms with Crippen LogP contribution < -0.4 is 15.8 Å². The van der Waals surface area contributed by atoms with E-state index < -0.39 is 0 Å². The molecule has 0 unspecified atom stereocenters. The summed E-state index contributed by atoms with van der Waals surface area (Å²) in [6, 6.07) is 6.00. The van der Waals surface area contributed by atoms with Gasteiger partial charge < -0.3 is 15.8 Å². The molecule has 1 aromatic rings. The van der Waals surface area contributed by atoms with Crippen LogP contribution in [0.3, 0.4) is 0 Å². The molecule has 21 heavy (non-hydrogen) atoms. The number of nitrogens with two attached hydrogens (primary N) is 1. The van der Waals surface area contributed by atoms with Gasteiger partial charge in [-0.15, -0.1) is 11.8 Å². The third-order valence-corrected chi connectivity index (χ3v) is 4.80. The molecule has 1 fully saturated rings. The largest absolute Gasteiger partial charge is 0.496 e. The van der Waals surface area contributed by atoms with Crippen molar-refractivity contribution in [2.45, 2.75) is 49.5 Å². The molecule has 0 radical (unpaired) electrons. The van der Waals surface area contributed by atoms with E-state index in [2.05, 4.69) is 5.32 Å². The van der Waals surface area contributed by atoms with Crippen molar-refractivity contribution in [1.29, 1.82) is 0 Å². The fourth-order valence-electron chi connectivity index (χ4n) is 2.60. The summed E-state index contributed by atoms with van der Waals surface area (Å²) in [6.07, 6.45) is 6.58. The zero-order chi connectivity index (χ0) is 15.1. The van der Waals surface area contributed by atoms with Crippen LogP contribution in [0.2, 0.25) is 0 Å². The second-order valence-corrected chi connectivity index (χ2v) is 6.55. The quantitative estimate of drug-likeness (QED) is 0.625. The summed E-state index contributed by atoms with van der Waals surface area (Å²) in [7, 11) is 1.63. The normalized spacial score (nSPS) is 15.7. The molecular weight excluding hydrogens is 284 g/mol. The number of carbonyl (C=O) groups excluding carboxylic acids is 1. The Bertz CT molecular complexity index is 473. The molecule has 0 aromatic heterocycles. The van der Waals surface area contributed by atoms with Crippen molar-refractivity contribution in [3.8, 4) is 5.75 Å². The fraction of sp³-hybridized carbons (Fsp3) is 0.562. The highest BCUT2D eigenvalue weighted by Gasteiger charge is 2.15. The van der Waals surface area contributed by atoms with Crippen molar-refractivity contribution in [3.63, 3.8) is 0 Å². The zero-order valence-electron chi connectivity index (χ0n) is 12.6. The van der Waals surface area contributed by atoms with Crippen LogP contribution in [0.25, 0.3) is 0 Å². The summed E-state index contributed by atoms with van der Waals surface area (Å²) in [6.45, 7) is 0. The van der Waals surface area contributed by atoms with Gasteiger partial charge in [-0.2, -0.15) is 0 Å². The van der Waals surface area contributed by atoms with Crippen molar-refractivity contribution in [2.24, 2.45) is 0 Å². The van der Waals surface area contributed by atoms with E-state index in [4.69, 9.17) is 10.5 Å². The van der Waals surface area contributed by atoms with Crippen LogP contribution in [0, 0.1) is 0 Å². The number of nitrogens with one attached hydrogen (secondary N) is 1. The van der Waals surface area contributed by atoms with Gasteiger partial charge in [-0.1, -0.05) is 19.3 Å². The van der Waals surface area contributed by atoms with E-state index in [-0.39, 0.29) is 5.91 Å². The van der Waals surface area contributed by atoms with Gasteiger partial charge in [0, 0.05) is 34.9 Å². The summed E-state index contributed by atoms with van der Waals surface area (Å²) in [5, 5.41) is 3.14. The molecule has 1 aromatic carbocycles. The molecule has 2 rings (SSSR count). The van der Waals surface area contributed by atoms with Crippen molar-refractivity contribution >= 4 is 23.4 Å². The molecule has 4 nitrogen and oxygen atoms in total. The number of rotatable bonds is 6. The summed E-state index contributed by atoms with van der Waals surface area (Å²) in [5.41, 5.74) is 6.42. The van der Waals surface area contributed by atoms with Crippen LogP contribution in [0.5, 0.6) is 5.75 Å². The second-order valence-electron chi connectivity index (χ2n) is 5.41. The Morgan fingerprint density at radius 3 is 2.86 bits per heavy atom. The first-order chi connectivity index (χ1) is 10.2. The van der Waals surface area contributed by atoms with Gasteiger partial charge in [0.05, 0.1) is 7.11 Å². The molecular formula is C16H24N2O2S. The highest BCUT2D eigenvalue weighted by atomic mass is 32.2. The Morgan fingerprint density at radius 1 is 1.38 bits per heavy atom. The van der Waals surface area contributed by atoms with E-state index in [9.17, 15) is 4.79 Å². The number of carbonyl (C=O) groups is 1. The number of hydrogen-bond donors (Lipinski definition) is 2. The average molecular weight is 308 g/mol. The van der Waals surface area contributed by atoms with E-state index in [1.165, 1.54) is 19.3 Å². The monoisotopic (exact) mass is 308 g/mol. The van der Waals surface area contributed by atoms with Gasteiger partial charge in [0.1, 0.15) is 5.75 Å². The van der Waals surface area contributed by atoms with E-state index in [1.807, 2.05) is 18.2 Å². The molecule has 1 aliphatic rings. The van der Waals surface area contributed by atoms with E-state index in [1.54, 1.807) is 18.9 Å². The van der Waals surface area contributed by atoms with Gasteiger partial charge in [-0.25, -0.2) is 0 Å². The maximum absolute atomic E-state index is 11.9. The van der Waals surface area contributed by atoms with Crippen LogP contribution in [-0.4, -0.2) is 24.8 Å². The Morgan fingerprint density at radius 2 is 2.14 bits per heavy atom. The standard InChI is InChI=1S/C16H24N2O2S/c1-20-14-11-12(17)7-8-15(14)21-10-9-16(19)18-13-5-3-2-4-6-13/h7-8,11,13H,2-6,9-10,17H2,1H3,(H,18,19). The lowest BCUT2D eigenvalue weighted by Crippen LogP contribution is -2.36. The number of benzene rings is 1. The molecule has 1 saturated carbocycles. The first kappa shape index (κ1) is 16.0. The molecule has 1 amide bonds. The molecule has 0 atom stereocenters. The van der Waals surface area contributed by atoms with Gasteiger partial charge in [0.2, 0.25) is 5.91 Å². The summed E-state index contributed by atoms with van der Waals surface area (Å²) < 4.78 is 5.30. The van der Waals surface area contributed by atoms with Crippen molar-refractivity contribution in [3.05, 3.63) is 18.2 Å². The average Bonchev–Trinajstić information content (AvgIpc) is 2.49. The minimum absolute atomic E-state index is 0.156. The van der Waals surface area contributed by atoms with Gasteiger partial charge in [-0.05, 0) is 25.0 Å². The number of hydrogen-bond acceptors (Lipinski definition) is 4. The number of thioether (sulfide) groups is 1. The smallest absolute Gasteiger partial charge is 0.221 e. The van der Waals surface area contributed by atoms with Crippen molar-refractivity contribution in [2.75, 3.05) is 18.6 Å². The van der Waals surface area contributed by atoms with Gasteiger partial charge >= 0.3 is 0 Å². The summed E-state index contributed by atoms with van der Waals surface area (Å²) in [5.74, 6) is 1.68. The van der Waals surface area contributed by atoms with Crippen LogP contribution in [0.1, 0.15) is 38.5 Å². The molecule has 0 saturated heterocycles. The predicted octanol–water partition coefficient (Wildman–Crippen LogP) is 3.21. The minimum Gasteiger partial charge on any atom is -0.496 e. The van der Waals surface area contributed by atoms with Crippen molar-refractivity contribution < 1.29 is 9.53 Å². The highest BCUT2D eigenvalue weighted by molar-refractivity contribution is 7.99. The lowest BCUT2D eigenvalue weighted by Gasteiger charge is -2.22. The molecule has 5 heteroatoms. The van der Waals surface area contributed by atoms with Crippen LogP contribution in [-0.2, 0) is 4.79 Å². The molecule has 0 bridgehead atoms. The Kier molecular flexibility index (Phi) is 6.23. The number of anilines is 1. The lowest BCUT2D eigenvalue weighted by molar-refractivity contribution is -0.121.